The van der Waals surface area contributed by atoms with Crippen LogP contribution in [0, 0.1) is 10.1 Å². The van der Waals surface area contributed by atoms with Crippen molar-refractivity contribution >= 4 is 17.4 Å². The van der Waals surface area contributed by atoms with Gasteiger partial charge in [0.2, 0.25) is 0 Å². The van der Waals surface area contributed by atoms with Gasteiger partial charge in [-0.15, -0.1) is 0 Å². The van der Waals surface area contributed by atoms with Crippen LogP contribution in [0.5, 0.6) is 11.5 Å². The molecule has 0 saturated heterocycles. The number of ether oxygens (including phenoxy) is 2. The van der Waals surface area contributed by atoms with Crippen molar-refractivity contribution in [1.29, 1.82) is 0 Å². The molecule has 2 aromatic rings. The third kappa shape index (κ3) is 4.63. The maximum absolute atomic E-state index is 11.6. The summed E-state index contributed by atoms with van der Waals surface area (Å²) in [6.07, 6.45) is 0. The standard InChI is InChI=1S/C16H13NO6/c1-11(18)10-22-16(19)12-2-6-14(7-3-12)23-15-8-4-13(5-9-15)17(20)21/h2-9H,10H2,1H3. The molecule has 0 aromatic heterocycles. The van der Waals surface area contributed by atoms with Crippen LogP contribution in [0.4, 0.5) is 5.69 Å². The largest absolute Gasteiger partial charge is 0.457 e. The van der Waals surface area contributed by atoms with Crippen molar-refractivity contribution in [3.63, 3.8) is 0 Å². The summed E-state index contributed by atoms with van der Waals surface area (Å²) < 4.78 is 10.3. The molecule has 0 saturated carbocycles. The maximum Gasteiger partial charge on any atom is 0.338 e. The monoisotopic (exact) mass is 315 g/mol. The molecule has 0 aliphatic heterocycles. The van der Waals surface area contributed by atoms with E-state index in [0.29, 0.717) is 17.1 Å². The average molecular weight is 315 g/mol. The Kier molecular flexibility index (Phi) is 5.03. The number of carbonyl (C=O) groups is 2. The highest BCUT2D eigenvalue weighted by molar-refractivity contribution is 5.91. The van der Waals surface area contributed by atoms with E-state index in [-0.39, 0.29) is 18.1 Å². The zero-order valence-electron chi connectivity index (χ0n) is 12.2. The first kappa shape index (κ1) is 16.2. The number of nitro benzene ring substituents is 1. The zero-order chi connectivity index (χ0) is 16.8. The molecular weight excluding hydrogens is 302 g/mol. The van der Waals surface area contributed by atoms with Crippen LogP contribution in [0.15, 0.2) is 48.5 Å². The normalized spacial score (nSPS) is 9.96. The third-order valence-corrected chi connectivity index (χ3v) is 2.78. The van der Waals surface area contributed by atoms with Gasteiger partial charge in [0, 0.05) is 12.1 Å². The number of rotatable bonds is 6. The predicted molar refractivity (Wildman–Crippen MR) is 80.6 cm³/mol. The summed E-state index contributed by atoms with van der Waals surface area (Å²) in [6, 6.07) is 11.8. The quantitative estimate of drug-likeness (QED) is 0.461. The minimum atomic E-state index is -0.595. The van der Waals surface area contributed by atoms with E-state index >= 15 is 0 Å². The fourth-order valence-corrected chi connectivity index (χ4v) is 1.68. The van der Waals surface area contributed by atoms with Crippen LogP contribution >= 0.6 is 0 Å². The minimum Gasteiger partial charge on any atom is -0.457 e. The topological polar surface area (TPSA) is 95.7 Å². The molecule has 7 nitrogen and oxygen atoms in total. The second-order valence-electron chi connectivity index (χ2n) is 4.66. The lowest BCUT2D eigenvalue weighted by Crippen LogP contribution is -2.11. The van der Waals surface area contributed by atoms with E-state index in [2.05, 4.69) is 0 Å². The zero-order valence-corrected chi connectivity index (χ0v) is 12.2. The molecule has 0 aliphatic rings. The summed E-state index contributed by atoms with van der Waals surface area (Å²) in [5.41, 5.74) is 0.267. The Bertz CT molecular complexity index is 721. The third-order valence-electron chi connectivity index (χ3n) is 2.78. The highest BCUT2D eigenvalue weighted by Gasteiger charge is 2.09. The Morgan fingerprint density at radius 1 is 1.00 bits per heavy atom. The highest BCUT2D eigenvalue weighted by atomic mass is 16.6. The van der Waals surface area contributed by atoms with Crippen LogP contribution in [0.25, 0.3) is 0 Å². The lowest BCUT2D eigenvalue weighted by molar-refractivity contribution is -0.384. The first-order chi connectivity index (χ1) is 11.0. The molecule has 23 heavy (non-hydrogen) atoms. The Labute approximate surface area is 131 Å². The maximum atomic E-state index is 11.6. The molecule has 0 fully saturated rings. The van der Waals surface area contributed by atoms with Gasteiger partial charge in [-0.3, -0.25) is 14.9 Å². The predicted octanol–water partition coefficient (Wildman–Crippen LogP) is 3.13. The van der Waals surface area contributed by atoms with Gasteiger partial charge >= 0.3 is 5.97 Å². The second-order valence-corrected chi connectivity index (χ2v) is 4.66. The first-order valence-corrected chi connectivity index (χ1v) is 6.64. The molecule has 2 rings (SSSR count). The number of benzene rings is 2. The minimum absolute atomic E-state index is 0.0269. The van der Waals surface area contributed by atoms with Crippen molar-refractivity contribution in [1.82, 2.24) is 0 Å². The summed E-state index contributed by atoms with van der Waals surface area (Å²) in [7, 11) is 0. The van der Waals surface area contributed by atoms with E-state index in [4.69, 9.17) is 9.47 Å². The highest BCUT2D eigenvalue weighted by Crippen LogP contribution is 2.24. The van der Waals surface area contributed by atoms with Crippen LogP contribution in [0.2, 0.25) is 0 Å². The smallest absolute Gasteiger partial charge is 0.338 e. The van der Waals surface area contributed by atoms with E-state index in [9.17, 15) is 19.7 Å². The van der Waals surface area contributed by atoms with E-state index in [1.54, 1.807) is 12.1 Å². The van der Waals surface area contributed by atoms with E-state index in [1.807, 2.05) is 0 Å². The Morgan fingerprint density at radius 3 is 2.00 bits per heavy atom. The summed E-state index contributed by atoms with van der Waals surface area (Å²) in [4.78, 5) is 32.5. The first-order valence-electron chi connectivity index (χ1n) is 6.64. The van der Waals surface area contributed by atoms with Crippen LogP contribution in [0.3, 0.4) is 0 Å². The summed E-state index contributed by atoms with van der Waals surface area (Å²) in [5.74, 6) is 0.0584. The molecule has 0 unspecified atom stereocenters. The van der Waals surface area contributed by atoms with Gasteiger partial charge in [0.05, 0.1) is 10.5 Å². The summed E-state index contributed by atoms with van der Waals surface area (Å²) in [6.45, 7) is 1.06. The van der Waals surface area contributed by atoms with Crippen LogP contribution in [-0.4, -0.2) is 23.3 Å². The fraction of sp³-hybridized carbons (Fsp3) is 0.125. The number of carbonyl (C=O) groups excluding carboxylic acids is 2. The summed E-state index contributed by atoms with van der Waals surface area (Å²) >= 11 is 0. The van der Waals surface area contributed by atoms with Crippen molar-refractivity contribution in [2.24, 2.45) is 0 Å². The van der Waals surface area contributed by atoms with Gasteiger partial charge in [0.15, 0.2) is 5.78 Å². The molecular formula is C16H13NO6. The number of non-ortho nitro benzene ring substituents is 1. The number of hydrogen-bond acceptors (Lipinski definition) is 6. The van der Waals surface area contributed by atoms with Crippen LogP contribution in [-0.2, 0) is 9.53 Å². The number of hydrogen-bond donors (Lipinski definition) is 0. The van der Waals surface area contributed by atoms with Crippen molar-refractivity contribution < 1.29 is 24.0 Å². The van der Waals surface area contributed by atoms with E-state index < -0.39 is 10.9 Å². The van der Waals surface area contributed by atoms with Gasteiger partial charge in [0.25, 0.3) is 5.69 Å². The van der Waals surface area contributed by atoms with Gasteiger partial charge in [-0.1, -0.05) is 0 Å². The number of ketones is 1. The summed E-state index contributed by atoms with van der Waals surface area (Å²) in [5, 5.41) is 10.6. The average Bonchev–Trinajstić information content (AvgIpc) is 2.54. The van der Waals surface area contributed by atoms with Crippen molar-refractivity contribution in [3.05, 3.63) is 64.2 Å². The number of esters is 1. The van der Waals surface area contributed by atoms with Crippen molar-refractivity contribution in [2.75, 3.05) is 6.61 Å². The molecule has 0 N–H and O–H groups in total. The number of nitro groups is 1. The van der Waals surface area contributed by atoms with Crippen LogP contribution < -0.4 is 4.74 Å². The fourth-order valence-electron chi connectivity index (χ4n) is 1.68. The second kappa shape index (κ2) is 7.17. The molecule has 0 amide bonds. The molecule has 0 bridgehead atoms. The molecule has 118 valence electrons. The van der Waals surface area contributed by atoms with Crippen molar-refractivity contribution in [2.45, 2.75) is 6.92 Å². The lowest BCUT2D eigenvalue weighted by atomic mass is 10.2. The van der Waals surface area contributed by atoms with Gasteiger partial charge in [-0.2, -0.15) is 0 Å². The lowest BCUT2D eigenvalue weighted by Gasteiger charge is -2.06. The van der Waals surface area contributed by atoms with Crippen LogP contribution in [0.1, 0.15) is 17.3 Å². The molecule has 0 spiro atoms. The molecule has 7 heteroatoms. The number of Topliss-reactive ketones (excluding diaryl/α,β-unsaturated/α-hetero) is 1. The molecule has 2 aromatic carbocycles. The molecule has 0 atom stereocenters. The SMILES string of the molecule is CC(=O)COC(=O)c1ccc(Oc2ccc([N+](=O)[O-])cc2)cc1. The van der Waals surface area contributed by atoms with Crippen molar-refractivity contribution in [3.8, 4) is 11.5 Å². The Balaban J connectivity index is 2.00. The molecule has 0 aliphatic carbocycles. The number of nitrogens with zero attached hydrogens (tertiary/aromatic N) is 1. The Morgan fingerprint density at radius 2 is 1.52 bits per heavy atom. The molecule has 0 radical (unpaired) electrons. The molecule has 0 heterocycles. The Hall–Kier alpha value is -3.22. The van der Waals surface area contributed by atoms with Gasteiger partial charge < -0.3 is 9.47 Å². The van der Waals surface area contributed by atoms with Gasteiger partial charge in [0.1, 0.15) is 18.1 Å². The van der Waals surface area contributed by atoms with E-state index in [0.717, 1.165) is 0 Å². The van der Waals surface area contributed by atoms with Gasteiger partial charge in [-0.25, -0.2) is 4.79 Å². The van der Waals surface area contributed by atoms with E-state index in [1.165, 1.54) is 43.3 Å². The van der Waals surface area contributed by atoms with Gasteiger partial charge in [-0.05, 0) is 43.3 Å².